The van der Waals surface area contributed by atoms with Gasteiger partial charge in [-0.05, 0) is 29.7 Å². The Balaban J connectivity index is 1.64. The summed E-state index contributed by atoms with van der Waals surface area (Å²) in [5.41, 5.74) is 1.62. The van der Waals surface area contributed by atoms with Crippen molar-refractivity contribution >= 4 is 23.4 Å². The van der Waals surface area contributed by atoms with Crippen LogP contribution in [0.4, 0.5) is 4.39 Å². The van der Waals surface area contributed by atoms with Crippen LogP contribution in [0.3, 0.4) is 0 Å². The number of rotatable bonds is 5. The molecule has 0 saturated carbocycles. The molecule has 0 bridgehead atoms. The fraction of sp³-hybridized carbons (Fsp3) is 0.263. The third kappa shape index (κ3) is 4.17. The van der Waals surface area contributed by atoms with Gasteiger partial charge in [-0.15, -0.1) is 0 Å². The van der Waals surface area contributed by atoms with Gasteiger partial charge in [-0.3, -0.25) is 9.59 Å². The largest absolute Gasteiger partial charge is 0.350 e. The fourth-order valence-electron chi connectivity index (χ4n) is 2.95. The Morgan fingerprint density at radius 1 is 1.24 bits per heavy atom. The smallest absolute Gasteiger partial charge is 0.243 e. The van der Waals surface area contributed by atoms with Crippen molar-refractivity contribution in [1.29, 1.82) is 0 Å². The lowest BCUT2D eigenvalue weighted by atomic mass is 10.1. The van der Waals surface area contributed by atoms with Gasteiger partial charge in [-0.2, -0.15) is 0 Å². The maximum Gasteiger partial charge on any atom is 0.243 e. The number of amides is 2. The Bertz CT molecular complexity index is 782. The molecular formula is C19H18ClFN2O2. The first kappa shape index (κ1) is 17.4. The summed E-state index contributed by atoms with van der Waals surface area (Å²) in [6, 6.07) is 13.1. The number of carbonyl (C=O) groups excluding carboxylic acids is 2. The number of halogens is 2. The molecule has 1 heterocycles. The van der Waals surface area contributed by atoms with Crippen LogP contribution in [-0.2, 0) is 22.7 Å². The molecule has 0 radical (unpaired) electrons. The lowest BCUT2D eigenvalue weighted by molar-refractivity contribution is -0.135. The zero-order valence-electron chi connectivity index (χ0n) is 13.5. The van der Waals surface area contributed by atoms with Crippen LogP contribution in [0.2, 0.25) is 5.02 Å². The normalized spacial score (nSPS) is 17.0. The highest BCUT2D eigenvalue weighted by atomic mass is 35.5. The minimum absolute atomic E-state index is 0.0242. The van der Waals surface area contributed by atoms with E-state index in [4.69, 9.17) is 11.6 Å². The fourth-order valence-corrected chi connectivity index (χ4v) is 3.18. The highest BCUT2D eigenvalue weighted by Crippen LogP contribution is 2.22. The molecule has 25 heavy (non-hydrogen) atoms. The van der Waals surface area contributed by atoms with Crippen molar-refractivity contribution in [1.82, 2.24) is 10.2 Å². The first-order valence-corrected chi connectivity index (χ1v) is 8.47. The number of benzene rings is 2. The predicted octanol–water partition coefficient (Wildman–Crippen LogP) is 3.29. The summed E-state index contributed by atoms with van der Waals surface area (Å²) < 4.78 is 13.1. The second-order valence-corrected chi connectivity index (χ2v) is 6.42. The molecule has 2 amide bonds. The molecule has 130 valence electrons. The lowest BCUT2D eigenvalue weighted by Crippen LogP contribution is -2.44. The average molecular weight is 361 g/mol. The van der Waals surface area contributed by atoms with Gasteiger partial charge in [0.1, 0.15) is 11.9 Å². The van der Waals surface area contributed by atoms with Gasteiger partial charge in [-0.25, -0.2) is 4.39 Å². The maximum atomic E-state index is 13.1. The molecule has 0 unspecified atom stereocenters. The van der Waals surface area contributed by atoms with Crippen molar-refractivity contribution < 1.29 is 14.0 Å². The van der Waals surface area contributed by atoms with Gasteiger partial charge in [-0.1, -0.05) is 48.0 Å². The van der Waals surface area contributed by atoms with E-state index in [0.717, 1.165) is 5.56 Å². The molecule has 2 aromatic rings. The number of likely N-dealkylation sites (tertiary alicyclic amines) is 1. The number of carbonyl (C=O) groups is 2. The van der Waals surface area contributed by atoms with Gasteiger partial charge >= 0.3 is 0 Å². The summed E-state index contributed by atoms with van der Waals surface area (Å²) in [6.07, 6.45) is 0.858. The highest BCUT2D eigenvalue weighted by molar-refractivity contribution is 6.31. The zero-order valence-corrected chi connectivity index (χ0v) is 14.3. The average Bonchev–Trinajstić information content (AvgIpc) is 2.96. The lowest BCUT2D eigenvalue weighted by Gasteiger charge is -2.24. The van der Waals surface area contributed by atoms with E-state index in [2.05, 4.69) is 5.32 Å². The molecule has 1 aliphatic heterocycles. The molecule has 2 aromatic carbocycles. The minimum Gasteiger partial charge on any atom is -0.350 e. The minimum atomic E-state index is -0.494. The van der Waals surface area contributed by atoms with Gasteiger partial charge in [0.25, 0.3) is 0 Å². The Morgan fingerprint density at radius 2 is 2.00 bits per heavy atom. The second-order valence-electron chi connectivity index (χ2n) is 6.02. The Labute approximate surface area is 150 Å². The number of hydrogen-bond acceptors (Lipinski definition) is 2. The van der Waals surface area contributed by atoms with E-state index in [1.807, 2.05) is 30.3 Å². The molecule has 1 N–H and O–H groups in total. The molecule has 0 spiro atoms. The van der Waals surface area contributed by atoms with Crippen LogP contribution in [0.15, 0.2) is 48.5 Å². The van der Waals surface area contributed by atoms with Crippen LogP contribution in [0.25, 0.3) is 0 Å². The monoisotopic (exact) mass is 360 g/mol. The van der Waals surface area contributed by atoms with Gasteiger partial charge < -0.3 is 10.2 Å². The van der Waals surface area contributed by atoms with E-state index >= 15 is 0 Å². The topological polar surface area (TPSA) is 49.4 Å². The molecular weight excluding hydrogens is 343 g/mol. The first-order valence-electron chi connectivity index (χ1n) is 8.09. The van der Waals surface area contributed by atoms with Crippen LogP contribution in [-0.4, -0.2) is 22.8 Å². The first-order chi connectivity index (χ1) is 12.0. The van der Waals surface area contributed by atoms with Gasteiger partial charge in [0, 0.05) is 24.5 Å². The molecule has 1 atom stereocenters. The maximum absolute atomic E-state index is 13.1. The third-order valence-corrected chi connectivity index (χ3v) is 4.65. The molecule has 1 fully saturated rings. The van der Waals surface area contributed by atoms with E-state index in [0.29, 0.717) is 24.9 Å². The summed E-state index contributed by atoms with van der Waals surface area (Å²) in [5.74, 6) is -0.665. The van der Waals surface area contributed by atoms with Crippen molar-refractivity contribution in [2.75, 3.05) is 0 Å². The zero-order chi connectivity index (χ0) is 17.8. The molecule has 6 heteroatoms. The van der Waals surface area contributed by atoms with Gasteiger partial charge in [0.15, 0.2) is 0 Å². The molecule has 0 aliphatic carbocycles. The van der Waals surface area contributed by atoms with E-state index in [9.17, 15) is 14.0 Å². The van der Waals surface area contributed by atoms with Crippen molar-refractivity contribution in [2.24, 2.45) is 0 Å². The SMILES string of the molecule is O=C(NCc1ccc(F)cc1Cl)[C@@H]1CCC(=O)N1Cc1ccccc1. The summed E-state index contributed by atoms with van der Waals surface area (Å²) >= 11 is 5.98. The van der Waals surface area contributed by atoms with Crippen molar-refractivity contribution in [3.8, 4) is 0 Å². The van der Waals surface area contributed by atoms with Crippen molar-refractivity contribution in [2.45, 2.75) is 32.0 Å². The molecule has 4 nitrogen and oxygen atoms in total. The summed E-state index contributed by atoms with van der Waals surface area (Å²) in [7, 11) is 0. The standard InChI is InChI=1S/C19H18ClFN2O2/c20-16-10-15(21)7-6-14(16)11-22-19(25)17-8-9-18(24)23(17)12-13-4-2-1-3-5-13/h1-7,10,17H,8-9,11-12H2,(H,22,25)/t17-/m0/s1. The molecule has 1 aliphatic rings. The number of hydrogen-bond donors (Lipinski definition) is 1. The molecule has 0 aromatic heterocycles. The van der Waals surface area contributed by atoms with E-state index < -0.39 is 11.9 Å². The van der Waals surface area contributed by atoms with Crippen LogP contribution >= 0.6 is 11.6 Å². The number of nitrogens with one attached hydrogen (secondary N) is 1. The second kappa shape index (κ2) is 7.66. The quantitative estimate of drug-likeness (QED) is 0.889. The van der Waals surface area contributed by atoms with E-state index in [-0.39, 0.29) is 23.4 Å². The van der Waals surface area contributed by atoms with E-state index in [1.165, 1.54) is 12.1 Å². The van der Waals surface area contributed by atoms with Crippen LogP contribution in [0.5, 0.6) is 0 Å². The third-order valence-electron chi connectivity index (χ3n) is 4.29. The van der Waals surface area contributed by atoms with Crippen LogP contribution in [0, 0.1) is 5.82 Å². The van der Waals surface area contributed by atoms with Gasteiger partial charge in [0.05, 0.1) is 0 Å². The molecule has 1 saturated heterocycles. The Kier molecular flexibility index (Phi) is 5.34. The van der Waals surface area contributed by atoms with Gasteiger partial charge in [0.2, 0.25) is 11.8 Å². The Morgan fingerprint density at radius 3 is 2.72 bits per heavy atom. The molecule has 3 rings (SSSR count). The highest BCUT2D eigenvalue weighted by Gasteiger charge is 2.35. The number of nitrogens with zero attached hydrogens (tertiary/aromatic N) is 1. The van der Waals surface area contributed by atoms with Crippen LogP contribution < -0.4 is 5.32 Å². The van der Waals surface area contributed by atoms with Crippen molar-refractivity contribution in [3.05, 3.63) is 70.5 Å². The predicted molar refractivity (Wildman–Crippen MR) is 93.3 cm³/mol. The summed E-state index contributed by atoms with van der Waals surface area (Å²) in [5, 5.41) is 3.07. The summed E-state index contributed by atoms with van der Waals surface area (Å²) in [6.45, 7) is 0.608. The van der Waals surface area contributed by atoms with Crippen LogP contribution in [0.1, 0.15) is 24.0 Å². The van der Waals surface area contributed by atoms with Crippen molar-refractivity contribution in [3.63, 3.8) is 0 Å². The summed E-state index contributed by atoms with van der Waals surface area (Å²) in [4.78, 5) is 26.3. The van der Waals surface area contributed by atoms with E-state index in [1.54, 1.807) is 11.0 Å². The Hall–Kier alpha value is -2.40.